The maximum absolute atomic E-state index is 12.6. The Morgan fingerprint density at radius 3 is 2.80 bits per heavy atom. The minimum absolute atomic E-state index is 0.0475. The van der Waals surface area contributed by atoms with Crippen LogP contribution in [0.4, 0.5) is 0 Å². The van der Waals surface area contributed by atoms with Gasteiger partial charge in [-0.05, 0) is 6.07 Å². The summed E-state index contributed by atoms with van der Waals surface area (Å²) in [5, 5.41) is 0. The molecule has 0 spiro atoms. The highest BCUT2D eigenvalue weighted by Gasteiger charge is 2.40. The van der Waals surface area contributed by atoms with Crippen molar-refractivity contribution in [3.8, 4) is 0 Å². The van der Waals surface area contributed by atoms with E-state index >= 15 is 0 Å². The summed E-state index contributed by atoms with van der Waals surface area (Å²) in [7, 11) is -2.74. The zero-order valence-electron chi connectivity index (χ0n) is 10.3. The number of hydrogen-bond acceptors (Lipinski definition) is 6. The first-order valence-electron chi connectivity index (χ1n) is 5.50. The van der Waals surface area contributed by atoms with Gasteiger partial charge in [0.1, 0.15) is 15.3 Å². The van der Waals surface area contributed by atoms with Gasteiger partial charge in [0.25, 0.3) is 0 Å². The van der Waals surface area contributed by atoms with Gasteiger partial charge >= 0.3 is 5.97 Å². The van der Waals surface area contributed by atoms with Gasteiger partial charge in [0, 0.05) is 6.54 Å². The van der Waals surface area contributed by atoms with Gasteiger partial charge in [0.05, 0.1) is 24.7 Å². The molecule has 10 heteroatoms. The lowest BCUT2D eigenvalue weighted by Gasteiger charge is -2.32. The normalized spacial score (nSPS) is 20.9. The van der Waals surface area contributed by atoms with Crippen molar-refractivity contribution in [2.45, 2.75) is 10.9 Å². The van der Waals surface area contributed by atoms with Crippen LogP contribution in [0, 0.1) is 0 Å². The molecule has 0 bridgehead atoms. The third-order valence-electron chi connectivity index (χ3n) is 2.76. The summed E-state index contributed by atoms with van der Waals surface area (Å²) in [4.78, 5) is 11.6. The van der Waals surface area contributed by atoms with Gasteiger partial charge in [-0.3, -0.25) is 4.79 Å². The summed E-state index contributed by atoms with van der Waals surface area (Å²) in [5.41, 5.74) is 0. The first-order chi connectivity index (χ1) is 9.37. The standard InChI is InChI=1S/C10H11Cl2NO5S2/c1-17-10(14)6-5-18-3-2-13(6)20(15,16)7-4-8(11)19-9(7)12/h4,6H,2-3,5H2,1H3. The molecular weight excluding hydrogens is 349 g/mol. The zero-order chi connectivity index (χ0) is 14.9. The summed E-state index contributed by atoms with van der Waals surface area (Å²) in [5.74, 6) is -0.675. The highest BCUT2D eigenvalue weighted by molar-refractivity contribution is 7.89. The first kappa shape index (κ1) is 16.0. The molecule has 0 saturated carbocycles. The number of sulfonamides is 1. The summed E-state index contributed by atoms with van der Waals surface area (Å²) in [6.07, 6.45) is 0. The molecule has 1 aliphatic heterocycles. The van der Waals surface area contributed by atoms with Crippen LogP contribution < -0.4 is 0 Å². The first-order valence-corrected chi connectivity index (χ1v) is 8.51. The predicted octanol–water partition coefficient (Wildman–Crippen LogP) is 1.62. The van der Waals surface area contributed by atoms with Crippen molar-refractivity contribution in [2.75, 3.05) is 26.9 Å². The molecule has 0 amide bonds. The maximum Gasteiger partial charge on any atom is 0.326 e. The van der Waals surface area contributed by atoms with Crippen molar-refractivity contribution in [1.29, 1.82) is 0 Å². The van der Waals surface area contributed by atoms with Gasteiger partial charge in [0.15, 0.2) is 0 Å². The monoisotopic (exact) mass is 359 g/mol. The minimum Gasteiger partial charge on any atom is -0.468 e. The largest absolute Gasteiger partial charge is 0.468 e. The van der Waals surface area contributed by atoms with Gasteiger partial charge in [-0.1, -0.05) is 23.2 Å². The molecule has 1 aromatic heterocycles. The quantitative estimate of drug-likeness (QED) is 0.766. The number of carbonyl (C=O) groups excluding carboxylic acids is 1. The number of esters is 1. The van der Waals surface area contributed by atoms with Crippen LogP contribution in [-0.2, 0) is 24.3 Å². The molecule has 6 nitrogen and oxygen atoms in total. The van der Waals surface area contributed by atoms with Crippen LogP contribution in [0.2, 0.25) is 8.67 Å². The lowest BCUT2D eigenvalue weighted by atomic mass is 10.3. The summed E-state index contributed by atoms with van der Waals surface area (Å²) in [6, 6.07) is 0.252. The van der Waals surface area contributed by atoms with Gasteiger partial charge in [-0.25, -0.2) is 8.42 Å². The number of rotatable bonds is 3. The number of halogens is 2. The van der Waals surface area contributed by atoms with E-state index in [-0.39, 0.29) is 33.3 Å². The van der Waals surface area contributed by atoms with Crippen molar-refractivity contribution in [2.24, 2.45) is 0 Å². The van der Waals surface area contributed by atoms with E-state index in [0.29, 0.717) is 0 Å². The fraction of sp³-hybridized carbons (Fsp3) is 0.500. The van der Waals surface area contributed by atoms with E-state index in [0.717, 1.165) is 15.6 Å². The van der Waals surface area contributed by atoms with Crippen molar-refractivity contribution in [3.05, 3.63) is 14.7 Å². The van der Waals surface area contributed by atoms with Gasteiger partial charge in [-0.15, -0.1) is 11.3 Å². The molecule has 0 aromatic carbocycles. The second-order valence-electron chi connectivity index (χ2n) is 3.92. The van der Waals surface area contributed by atoms with Crippen LogP contribution in [0.3, 0.4) is 0 Å². The SMILES string of the molecule is COC(=O)C1COCCN1S(=O)(=O)c1cc(Cl)sc1Cl. The Hall–Kier alpha value is -0.380. The van der Waals surface area contributed by atoms with Crippen molar-refractivity contribution >= 4 is 50.5 Å². The summed E-state index contributed by atoms with van der Waals surface area (Å²) in [6.45, 7) is 0.190. The number of ether oxygens (including phenoxy) is 2. The van der Waals surface area contributed by atoms with Gasteiger partial charge in [0.2, 0.25) is 10.0 Å². The van der Waals surface area contributed by atoms with Crippen LogP contribution in [0.5, 0.6) is 0 Å². The second-order valence-corrected chi connectivity index (χ2v) is 8.06. The number of thiophene rings is 1. The molecule has 1 atom stereocenters. The van der Waals surface area contributed by atoms with Crippen LogP contribution in [0.1, 0.15) is 0 Å². The zero-order valence-corrected chi connectivity index (χ0v) is 13.5. The minimum atomic E-state index is -3.93. The van der Waals surface area contributed by atoms with Crippen molar-refractivity contribution in [3.63, 3.8) is 0 Å². The average Bonchev–Trinajstić information content (AvgIpc) is 2.77. The molecule has 1 aliphatic rings. The van der Waals surface area contributed by atoms with Gasteiger partial charge < -0.3 is 9.47 Å². The smallest absolute Gasteiger partial charge is 0.326 e. The van der Waals surface area contributed by atoms with Crippen LogP contribution >= 0.6 is 34.5 Å². The molecule has 112 valence electrons. The molecule has 20 heavy (non-hydrogen) atoms. The van der Waals surface area contributed by atoms with E-state index in [4.69, 9.17) is 27.9 Å². The molecule has 1 saturated heterocycles. The van der Waals surface area contributed by atoms with E-state index in [1.807, 2.05) is 0 Å². The Morgan fingerprint density at radius 2 is 2.25 bits per heavy atom. The molecule has 1 aromatic rings. The van der Waals surface area contributed by atoms with Crippen LogP contribution in [-0.4, -0.2) is 51.6 Å². The Kier molecular flexibility index (Phi) is 4.93. The molecule has 1 fully saturated rings. The Bertz CT molecular complexity index is 615. The van der Waals surface area contributed by atoms with Gasteiger partial charge in [-0.2, -0.15) is 4.31 Å². The summed E-state index contributed by atoms with van der Waals surface area (Å²) >= 11 is 12.6. The Labute approximate surface area is 130 Å². The Balaban J connectivity index is 2.40. The fourth-order valence-corrected chi connectivity index (χ4v) is 5.49. The van der Waals surface area contributed by atoms with E-state index in [1.54, 1.807) is 0 Å². The number of hydrogen-bond donors (Lipinski definition) is 0. The topological polar surface area (TPSA) is 72.9 Å². The van der Waals surface area contributed by atoms with Crippen molar-refractivity contribution in [1.82, 2.24) is 4.31 Å². The maximum atomic E-state index is 12.6. The second kappa shape index (κ2) is 6.17. The molecule has 1 unspecified atom stereocenters. The van der Waals surface area contributed by atoms with E-state index in [9.17, 15) is 13.2 Å². The lowest BCUT2D eigenvalue weighted by Crippen LogP contribution is -2.52. The summed E-state index contributed by atoms with van der Waals surface area (Å²) < 4.78 is 36.3. The van der Waals surface area contributed by atoms with E-state index in [1.165, 1.54) is 13.2 Å². The fourth-order valence-electron chi connectivity index (χ4n) is 1.83. The number of morpholine rings is 1. The van der Waals surface area contributed by atoms with E-state index < -0.39 is 22.0 Å². The number of methoxy groups -OCH3 is 1. The molecule has 0 radical (unpaired) electrons. The number of nitrogens with zero attached hydrogens (tertiary/aromatic N) is 1. The molecule has 2 heterocycles. The highest BCUT2D eigenvalue weighted by atomic mass is 35.5. The molecule has 2 rings (SSSR count). The third-order valence-corrected chi connectivity index (χ3v) is 6.43. The number of carbonyl (C=O) groups is 1. The van der Waals surface area contributed by atoms with Crippen molar-refractivity contribution < 1.29 is 22.7 Å². The Morgan fingerprint density at radius 1 is 1.55 bits per heavy atom. The van der Waals surface area contributed by atoms with E-state index in [2.05, 4.69) is 4.74 Å². The third kappa shape index (κ3) is 2.95. The molecular formula is C10H11Cl2NO5S2. The highest BCUT2D eigenvalue weighted by Crippen LogP contribution is 2.36. The van der Waals surface area contributed by atoms with Crippen LogP contribution in [0.25, 0.3) is 0 Å². The molecule has 0 N–H and O–H groups in total. The average molecular weight is 360 g/mol. The molecule has 0 aliphatic carbocycles. The lowest BCUT2D eigenvalue weighted by molar-refractivity contribution is -0.149. The predicted molar refractivity (Wildman–Crippen MR) is 74.9 cm³/mol. The van der Waals surface area contributed by atoms with Crippen LogP contribution in [0.15, 0.2) is 11.0 Å².